The Balaban J connectivity index is 2.87. The van der Waals surface area contributed by atoms with Crippen molar-refractivity contribution in [3.8, 4) is 0 Å². The molecule has 1 amide bonds. The first-order valence-electron chi connectivity index (χ1n) is 5.16. The van der Waals surface area contributed by atoms with E-state index >= 15 is 0 Å². The van der Waals surface area contributed by atoms with Crippen LogP contribution < -0.4 is 5.32 Å². The number of hydrogen-bond donors (Lipinski definition) is 1. The van der Waals surface area contributed by atoms with Gasteiger partial charge in [0.15, 0.2) is 0 Å². The van der Waals surface area contributed by atoms with E-state index < -0.39 is 5.97 Å². The van der Waals surface area contributed by atoms with Gasteiger partial charge in [0.05, 0.1) is 18.4 Å². The van der Waals surface area contributed by atoms with Gasteiger partial charge in [-0.25, -0.2) is 4.79 Å². The Morgan fingerprint density at radius 2 is 2.00 bits per heavy atom. The second-order valence-electron chi connectivity index (χ2n) is 3.34. The van der Waals surface area contributed by atoms with Crippen LogP contribution in [0.25, 0.3) is 0 Å². The number of methoxy groups -OCH3 is 1. The average molecular weight is 221 g/mol. The summed E-state index contributed by atoms with van der Waals surface area (Å²) in [5.41, 5.74) is 0.863. The molecule has 4 heteroatoms. The third-order valence-electron chi connectivity index (χ3n) is 2.08. The van der Waals surface area contributed by atoms with Crippen LogP contribution in [0.1, 0.15) is 30.1 Å². The fraction of sp³-hybridized carbons (Fsp3) is 0.333. The van der Waals surface area contributed by atoms with Gasteiger partial charge in [-0.3, -0.25) is 4.79 Å². The number of nitrogens with one attached hydrogen (secondary N) is 1. The lowest BCUT2D eigenvalue weighted by molar-refractivity contribution is -0.116. The average Bonchev–Trinajstić information content (AvgIpc) is 2.29. The molecule has 0 aromatic heterocycles. The van der Waals surface area contributed by atoms with Crippen LogP contribution >= 0.6 is 0 Å². The number of ether oxygens (including phenoxy) is 1. The molecule has 1 N–H and O–H groups in total. The Bertz CT molecular complexity index is 388. The molecule has 0 spiro atoms. The Morgan fingerprint density at radius 3 is 2.62 bits per heavy atom. The molecule has 0 radical (unpaired) electrons. The van der Waals surface area contributed by atoms with Gasteiger partial charge in [-0.15, -0.1) is 0 Å². The predicted octanol–water partition coefficient (Wildman–Crippen LogP) is 2.21. The van der Waals surface area contributed by atoms with Crippen LogP contribution in [0.5, 0.6) is 0 Å². The fourth-order valence-electron chi connectivity index (χ4n) is 1.32. The maximum Gasteiger partial charge on any atom is 0.339 e. The normalized spacial score (nSPS) is 9.62. The Hall–Kier alpha value is -1.84. The lowest BCUT2D eigenvalue weighted by atomic mass is 10.1. The van der Waals surface area contributed by atoms with Crippen molar-refractivity contribution in [2.45, 2.75) is 19.8 Å². The van der Waals surface area contributed by atoms with E-state index in [-0.39, 0.29) is 5.91 Å². The van der Waals surface area contributed by atoms with E-state index in [0.717, 1.165) is 6.42 Å². The van der Waals surface area contributed by atoms with E-state index in [1.165, 1.54) is 7.11 Å². The highest BCUT2D eigenvalue weighted by Gasteiger charge is 2.12. The first kappa shape index (κ1) is 12.2. The van der Waals surface area contributed by atoms with Crippen molar-refractivity contribution in [3.63, 3.8) is 0 Å². The first-order chi connectivity index (χ1) is 7.69. The summed E-state index contributed by atoms with van der Waals surface area (Å²) in [7, 11) is 1.31. The maximum atomic E-state index is 11.4. The van der Waals surface area contributed by atoms with E-state index in [1.54, 1.807) is 24.3 Å². The number of carbonyl (C=O) groups is 2. The minimum absolute atomic E-state index is 0.0983. The summed E-state index contributed by atoms with van der Waals surface area (Å²) < 4.78 is 4.63. The molecule has 0 bridgehead atoms. The number of amides is 1. The van der Waals surface area contributed by atoms with E-state index in [0.29, 0.717) is 17.7 Å². The van der Waals surface area contributed by atoms with Crippen molar-refractivity contribution in [1.82, 2.24) is 0 Å². The molecule has 0 heterocycles. The van der Waals surface area contributed by atoms with Gasteiger partial charge in [-0.1, -0.05) is 19.1 Å². The van der Waals surface area contributed by atoms with Gasteiger partial charge in [0.1, 0.15) is 0 Å². The van der Waals surface area contributed by atoms with Crippen LogP contribution in [0.4, 0.5) is 5.69 Å². The van der Waals surface area contributed by atoms with Crippen molar-refractivity contribution >= 4 is 17.6 Å². The third kappa shape index (κ3) is 3.08. The molecule has 1 rings (SSSR count). The fourth-order valence-corrected chi connectivity index (χ4v) is 1.32. The van der Waals surface area contributed by atoms with Crippen molar-refractivity contribution in [1.29, 1.82) is 0 Å². The molecule has 86 valence electrons. The summed E-state index contributed by atoms with van der Waals surface area (Å²) >= 11 is 0. The van der Waals surface area contributed by atoms with Gasteiger partial charge < -0.3 is 10.1 Å². The molecule has 0 aliphatic rings. The molecule has 0 unspecified atom stereocenters. The number of hydrogen-bond acceptors (Lipinski definition) is 3. The molecular formula is C12H15NO3. The first-order valence-corrected chi connectivity index (χ1v) is 5.16. The van der Waals surface area contributed by atoms with Crippen molar-refractivity contribution in [2.24, 2.45) is 0 Å². The number of benzene rings is 1. The standard InChI is InChI=1S/C12H15NO3/c1-3-6-11(14)13-10-8-5-4-7-9(10)12(15)16-2/h4-5,7-8H,3,6H2,1-2H3,(H,13,14). The van der Waals surface area contributed by atoms with Crippen LogP contribution in [0.3, 0.4) is 0 Å². The Morgan fingerprint density at radius 1 is 1.31 bits per heavy atom. The molecule has 0 saturated heterocycles. The molecule has 0 atom stereocenters. The quantitative estimate of drug-likeness (QED) is 0.793. The lowest BCUT2D eigenvalue weighted by Crippen LogP contribution is -2.14. The summed E-state index contributed by atoms with van der Waals surface area (Å²) in [5.74, 6) is -0.550. The SMILES string of the molecule is CCCC(=O)Nc1ccccc1C(=O)OC. The van der Waals surface area contributed by atoms with Crippen LogP contribution in [0.2, 0.25) is 0 Å². The van der Waals surface area contributed by atoms with Crippen molar-refractivity contribution in [3.05, 3.63) is 29.8 Å². The minimum Gasteiger partial charge on any atom is -0.465 e. The summed E-state index contributed by atoms with van der Waals surface area (Å²) in [6.45, 7) is 1.92. The van der Waals surface area contributed by atoms with Gasteiger partial charge in [-0.05, 0) is 18.6 Å². The molecule has 16 heavy (non-hydrogen) atoms. The largest absolute Gasteiger partial charge is 0.465 e. The third-order valence-corrected chi connectivity index (χ3v) is 2.08. The highest BCUT2D eigenvalue weighted by molar-refractivity contribution is 6.01. The molecule has 0 fully saturated rings. The number of rotatable bonds is 4. The zero-order chi connectivity index (χ0) is 12.0. The lowest BCUT2D eigenvalue weighted by Gasteiger charge is -2.08. The number of esters is 1. The van der Waals surface area contributed by atoms with Crippen molar-refractivity contribution in [2.75, 3.05) is 12.4 Å². The maximum absolute atomic E-state index is 11.4. The molecule has 0 aliphatic heterocycles. The van der Waals surface area contributed by atoms with Gasteiger partial charge in [0.2, 0.25) is 5.91 Å². The minimum atomic E-state index is -0.451. The topological polar surface area (TPSA) is 55.4 Å². The van der Waals surface area contributed by atoms with E-state index in [1.807, 2.05) is 6.92 Å². The monoisotopic (exact) mass is 221 g/mol. The molecular weight excluding hydrogens is 206 g/mol. The van der Waals surface area contributed by atoms with Gasteiger partial charge in [0, 0.05) is 6.42 Å². The molecule has 0 aliphatic carbocycles. The van der Waals surface area contributed by atoms with E-state index in [4.69, 9.17) is 0 Å². The highest BCUT2D eigenvalue weighted by Crippen LogP contribution is 2.16. The second-order valence-corrected chi connectivity index (χ2v) is 3.34. The summed E-state index contributed by atoms with van der Waals surface area (Å²) in [4.78, 5) is 22.8. The number of anilines is 1. The molecule has 4 nitrogen and oxygen atoms in total. The van der Waals surface area contributed by atoms with Crippen LogP contribution in [0, 0.1) is 0 Å². The summed E-state index contributed by atoms with van der Waals surface area (Å²) in [5, 5.41) is 2.69. The molecule has 1 aromatic rings. The summed E-state index contributed by atoms with van der Waals surface area (Å²) in [6, 6.07) is 6.78. The van der Waals surface area contributed by atoms with Crippen LogP contribution in [0.15, 0.2) is 24.3 Å². The Kier molecular flexibility index (Phi) is 4.51. The number of carbonyl (C=O) groups excluding carboxylic acids is 2. The smallest absolute Gasteiger partial charge is 0.339 e. The van der Waals surface area contributed by atoms with E-state index in [2.05, 4.69) is 10.1 Å². The van der Waals surface area contributed by atoms with Gasteiger partial charge in [0.25, 0.3) is 0 Å². The Labute approximate surface area is 94.6 Å². The highest BCUT2D eigenvalue weighted by atomic mass is 16.5. The zero-order valence-corrected chi connectivity index (χ0v) is 9.45. The van der Waals surface area contributed by atoms with Crippen LogP contribution in [-0.2, 0) is 9.53 Å². The van der Waals surface area contributed by atoms with Crippen molar-refractivity contribution < 1.29 is 14.3 Å². The molecule has 1 aromatic carbocycles. The molecule has 0 saturated carbocycles. The zero-order valence-electron chi connectivity index (χ0n) is 9.45. The van der Waals surface area contributed by atoms with Gasteiger partial charge in [-0.2, -0.15) is 0 Å². The van der Waals surface area contributed by atoms with E-state index in [9.17, 15) is 9.59 Å². The number of para-hydroxylation sites is 1. The second kappa shape index (κ2) is 5.90. The van der Waals surface area contributed by atoms with Gasteiger partial charge >= 0.3 is 5.97 Å². The summed E-state index contributed by atoms with van der Waals surface area (Å²) in [6.07, 6.45) is 1.21. The van der Waals surface area contributed by atoms with Crippen LogP contribution in [-0.4, -0.2) is 19.0 Å². The predicted molar refractivity (Wildman–Crippen MR) is 61.3 cm³/mol.